The van der Waals surface area contributed by atoms with Crippen molar-refractivity contribution in [3.05, 3.63) is 93.3 Å². The molecule has 1 heterocycles. The van der Waals surface area contributed by atoms with Gasteiger partial charge in [0.2, 0.25) is 0 Å². The molecule has 146 valence electrons. The van der Waals surface area contributed by atoms with Crippen molar-refractivity contribution < 1.29 is 4.79 Å². The number of aryl methyl sites for hydroxylation is 1. The molecule has 0 bridgehead atoms. The van der Waals surface area contributed by atoms with Gasteiger partial charge >= 0.3 is 0 Å². The Balaban J connectivity index is 1.66. The first-order valence-electron chi connectivity index (χ1n) is 9.20. The van der Waals surface area contributed by atoms with E-state index in [2.05, 4.69) is 32.3 Å². The van der Waals surface area contributed by atoms with Gasteiger partial charge in [0.25, 0.3) is 5.91 Å². The minimum Gasteiger partial charge on any atom is -0.298 e. The lowest BCUT2D eigenvalue weighted by atomic mass is 9.95. The van der Waals surface area contributed by atoms with Gasteiger partial charge in [-0.25, -0.2) is 4.98 Å². The molecule has 0 aliphatic rings. The number of thiazole rings is 1. The molecule has 0 aliphatic heterocycles. The molecule has 4 nitrogen and oxygen atoms in total. The number of aromatic nitrogens is 1. The second-order valence-electron chi connectivity index (χ2n) is 6.59. The van der Waals surface area contributed by atoms with Gasteiger partial charge in [0, 0.05) is 26.0 Å². The Labute approximate surface area is 187 Å². The average molecular weight is 474 g/mol. The van der Waals surface area contributed by atoms with Crippen molar-refractivity contribution in [3.8, 4) is 28.5 Å². The Kier molecular flexibility index (Phi) is 5.75. The van der Waals surface area contributed by atoms with Crippen LogP contribution in [-0.4, -0.2) is 10.9 Å². The summed E-state index contributed by atoms with van der Waals surface area (Å²) in [6, 6.07) is 24.7. The van der Waals surface area contributed by atoms with Gasteiger partial charge in [0.05, 0.1) is 17.3 Å². The standard InChI is InChI=1S/C24H16BrN3OS/c1-15-22(16-10-12-18(25)13-11-16)27-24(30-15)28-23(29)21-9-5-4-8-20(21)19-7-3-2-6-17(19)14-26/h2-13H,1H3,(H,27,28,29). The van der Waals surface area contributed by atoms with Crippen LogP contribution in [0.15, 0.2) is 77.3 Å². The summed E-state index contributed by atoms with van der Waals surface area (Å²) in [5.41, 5.74) is 4.32. The SMILES string of the molecule is Cc1sc(NC(=O)c2ccccc2-c2ccccc2C#N)nc1-c1ccc(Br)cc1. The van der Waals surface area contributed by atoms with E-state index in [-0.39, 0.29) is 5.91 Å². The van der Waals surface area contributed by atoms with Crippen molar-refractivity contribution >= 4 is 38.3 Å². The Morgan fingerprint density at radius 2 is 1.67 bits per heavy atom. The van der Waals surface area contributed by atoms with Crippen LogP contribution in [0.5, 0.6) is 0 Å². The number of carbonyl (C=O) groups is 1. The lowest BCUT2D eigenvalue weighted by Crippen LogP contribution is -2.13. The van der Waals surface area contributed by atoms with Crippen molar-refractivity contribution in [2.24, 2.45) is 0 Å². The third-order valence-corrected chi connectivity index (χ3v) is 6.06. The molecule has 4 aromatic rings. The quantitative estimate of drug-likeness (QED) is 0.359. The molecule has 3 aromatic carbocycles. The highest BCUT2D eigenvalue weighted by Gasteiger charge is 2.17. The number of hydrogen-bond acceptors (Lipinski definition) is 4. The first kappa shape index (κ1) is 20.0. The molecule has 1 amide bonds. The molecule has 0 saturated heterocycles. The second-order valence-corrected chi connectivity index (χ2v) is 8.71. The fourth-order valence-corrected chi connectivity index (χ4v) is 4.32. The Bertz CT molecular complexity index is 1270. The van der Waals surface area contributed by atoms with Crippen LogP contribution in [0.3, 0.4) is 0 Å². The number of nitrogens with zero attached hydrogens (tertiary/aromatic N) is 2. The van der Waals surface area contributed by atoms with Crippen LogP contribution in [0, 0.1) is 18.3 Å². The predicted molar refractivity (Wildman–Crippen MR) is 125 cm³/mol. The second kappa shape index (κ2) is 8.62. The Morgan fingerprint density at radius 3 is 2.40 bits per heavy atom. The topological polar surface area (TPSA) is 65.8 Å². The van der Waals surface area contributed by atoms with Crippen LogP contribution in [0.2, 0.25) is 0 Å². The number of halogens is 1. The number of anilines is 1. The van der Waals surface area contributed by atoms with Gasteiger partial charge in [-0.3, -0.25) is 10.1 Å². The van der Waals surface area contributed by atoms with Gasteiger partial charge in [0.15, 0.2) is 5.13 Å². The molecule has 0 aliphatic carbocycles. The van der Waals surface area contributed by atoms with E-state index in [9.17, 15) is 10.1 Å². The summed E-state index contributed by atoms with van der Waals surface area (Å²) in [5.74, 6) is -0.255. The van der Waals surface area contributed by atoms with Crippen molar-refractivity contribution in [1.82, 2.24) is 4.98 Å². The molecule has 6 heteroatoms. The van der Waals surface area contributed by atoms with E-state index in [0.717, 1.165) is 26.2 Å². The minimum absolute atomic E-state index is 0.255. The summed E-state index contributed by atoms with van der Waals surface area (Å²) < 4.78 is 1.00. The first-order valence-corrected chi connectivity index (χ1v) is 10.8. The van der Waals surface area contributed by atoms with Crippen LogP contribution in [0.4, 0.5) is 5.13 Å². The molecule has 0 radical (unpaired) electrons. The number of nitriles is 1. The van der Waals surface area contributed by atoms with E-state index >= 15 is 0 Å². The molecule has 1 N–H and O–H groups in total. The van der Waals surface area contributed by atoms with Crippen LogP contribution in [0.1, 0.15) is 20.8 Å². The van der Waals surface area contributed by atoms with Gasteiger partial charge in [0.1, 0.15) is 0 Å². The van der Waals surface area contributed by atoms with Crippen LogP contribution < -0.4 is 5.32 Å². The van der Waals surface area contributed by atoms with E-state index in [1.165, 1.54) is 11.3 Å². The number of rotatable bonds is 4. The lowest BCUT2D eigenvalue weighted by molar-refractivity contribution is 0.102. The van der Waals surface area contributed by atoms with Gasteiger partial charge in [-0.15, -0.1) is 11.3 Å². The molecular weight excluding hydrogens is 458 g/mol. The maximum atomic E-state index is 13.1. The van der Waals surface area contributed by atoms with Crippen LogP contribution >= 0.6 is 27.3 Å². The molecule has 0 atom stereocenters. The van der Waals surface area contributed by atoms with Gasteiger partial charge in [-0.1, -0.05) is 64.5 Å². The molecule has 30 heavy (non-hydrogen) atoms. The molecule has 1 aromatic heterocycles. The average Bonchev–Trinajstić information content (AvgIpc) is 3.14. The lowest BCUT2D eigenvalue weighted by Gasteiger charge is -2.10. The molecular formula is C24H16BrN3OS. The minimum atomic E-state index is -0.255. The molecule has 0 fully saturated rings. The molecule has 0 unspecified atom stereocenters. The number of carbonyl (C=O) groups excluding carboxylic acids is 1. The number of nitrogens with one attached hydrogen (secondary N) is 1. The maximum Gasteiger partial charge on any atom is 0.258 e. The highest BCUT2D eigenvalue weighted by Crippen LogP contribution is 2.32. The van der Waals surface area contributed by atoms with E-state index in [1.807, 2.05) is 67.6 Å². The largest absolute Gasteiger partial charge is 0.298 e. The summed E-state index contributed by atoms with van der Waals surface area (Å²) >= 11 is 4.88. The zero-order valence-corrected chi connectivity index (χ0v) is 18.4. The summed E-state index contributed by atoms with van der Waals surface area (Å²) in [5, 5.41) is 12.9. The normalized spacial score (nSPS) is 10.4. The summed E-state index contributed by atoms with van der Waals surface area (Å²) in [4.78, 5) is 18.7. The van der Waals surface area contributed by atoms with E-state index in [1.54, 1.807) is 12.1 Å². The number of benzene rings is 3. The Morgan fingerprint density at radius 1 is 1.00 bits per heavy atom. The van der Waals surface area contributed by atoms with Crippen LogP contribution in [0.25, 0.3) is 22.4 Å². The molecule has 0 spiro atoms. The van der Waals surface area contributed by atoms with Crippen molar-refractivity contribution in [2.45, 2.75) is 6.92 Å². The van der Waals surface area contributed by atoms with E-state index < -0.39 is 0 Å². The van der Waals surface area contributed by atoms with E-state index in [0.29, 0.717) is 21.8 Å². The zero-order valence-electron chi connectivity index (χ0n) is 16.0. The van der Waals surface area contributed by atoms with Gasteiger partial charge in [-0.2, -0.15) is 5.26 Å². The first-order chi connectivity index (χ1) is 14.6. The highest BCUT2D eigenvalue weighted by atomic mass is 79.9. The highest BCUT2D eigenvalue weighted by molar-refractivity contribution is 9.10. The third-order valence-electron chi connectivity index (χ3n) is 4.64. The Hall–Kier alpha value is -3.27. The summed E-state index contributed by atoms with van der Waals surface area (Å²) in [6.45, 7) is 1.99. The van der Waals surface area contributed by atoms with Gasteiger partial charge in [-0.05, 0) is 36.8 Å². The van der Waals surface area contributed by atoms with Crippen molar-refractivity contribution in [3.63, 3.8) is 0 Å². The smallest absolute Gasteiger partial charge is 0.258 e. The zero-order chi connectivity index (χ0) is 21.1. The fraction of sp³-hybridized carbons (Fsp3) is 0.0417. The monoisotopic (exact) mass is 473 g/mol. The molecule has 4 rings (SSSR count). The summed E-state index contributed by atoms with van der Waals surface area (Å²) in [6.07, 6.45) is 0. The predicted octanol–water partition coefficient (Wildman–Crippen LogP) is 6.67. The van der Waals surface area contributed by atoms with Crippen molar-refractivity contribution in [1.29, 1.82) is 5.26 Å². The molecule has 0 saturated carbocycles. The number of amides is 1. The third kappa shape index (κ3) is 4.04. The van der Waals surface area contributed by atoms with E-state index in [4.69, 9.17) is 0 Å². The maximum absolute atomic E-state index is 13.1. The van der Waals surface area contributed by atoms with Crippen LogP contribution in [-0.2, 0) is 0 Å². The number of hydrogen-bond donors (Lipinski definition) is 1. The van der Waals surface area contributed by atoms with Crippen molar-refractivity contribution in [2.75, 3.05) is 5.32 Å². The fourth-order valence-electron chi connectivity index (χ4n) is 3.22. The summed E-state index contributed by atoms with van der Waals surface area (Å²) in [7, 11) is 0. The van der Waals surface area contributed by atoms with Gasteiger partial charge < -0.3 is 0 Å².